The third-order valence-electron chi connectivity index (χ3n) is 3.82. The predicted octanol–water partition coefficient (Wildman–Crippen LogP) is 3.65. The molecule has 0 aliphatic rings. The molecule has 1 heterocycles. The number of hydrogen-bond donors (Lipinski definition) is 2. The van der Waals surface area contributed by atoms with Crippen LogP contribution in [0.2, 0.25) is 5.02 Å². The summed E-state index contributed by atoms with van der Waals surface area (Å²) in [5, 5.41) is 21.4. The van der Waals surface area contributed by atoms with Gasteiger partial charge in [-0.1, -0.05) is 37.2 Å². The van der Waals surface area contributed by atoms with Gasteiger partial charge in [0, 0.05) is 17.1 Å². The van der Waals surface area contributed by atoms with Gasteiger partial charge >= 0.3 is 5.97 Å². The molecule has 1 amide bonds. The standard InChI is InChI=1S/C18H23ClN4O3S/c1-4-23-16(21-22-18(23)27-10-15(24)25)14(9-11(2)3)20-17(26)12-5-7-13(19)8-6-12/h5-8,11,14H,4,9-10H2,1-3H3,(H,20,26)(H,24,25). The average molecular weight is 411 g/mol. The molecule has 2 N–H and O–H groups in total. The highest BCUT2D eigenvalue weighted by Gasteiger charge is 2.24. The largest absolute Gasteiger partial charge is 0.481 e. The lowest BCUT2D eigenvalue weighted by atomic mass is 10.0. The van der Waals surface area contributed by atoms with Gasteiger partial charge in [0.25, 0.3) is 5.91 Å². The summed E-state index contributed by atoms with van der Waals surface area (Å²) >= 11 is 7.00. The first kappa shape index (κ1) is 21.2. The van der Waals surface area contributed by atoms with Gasteiger partial charge in [-0.05, 0) is 43.5 Å². The van der Waals surface area contributed by atoms with Gasteiger partial charge < -0.3 is 15.0 Å². The van der Waals surface area contributed by atoms with Crippen LogP contribution in [0.4, 0.5) is 0 Å². The molecule has 1 atom stereocenters. The number of nitrogens with zero attached hydrogens (tertiary/aromatic N) is 3. The van der Waals surface area contributed by atoms with E-state index in [-0.39, 0.29) is 17.7 Å². The van der Waals surface area contributed by atoms with Gasteiger partial charge in [-0.25, -0.2) is 0 Å². The van der Waals surface area contributed by atoms with Crippen molar-refractivity contribution in [2.24, 2.45) is 5.92 Å². The highest BCUT2D eigenvalue weighted by Crippen LogP contribution is 2.25. The van der Waals surface area contributed by atoms with Crippen LogP contribution in [0.15, 0.2) is 29.4 Å². The molecule has 27 heavy (non-hydrogen) atoms. The minimum atomic E-state index is -0.915. The van der Waals surface area contributed by atoms with Crippen molar-refractivity contribution in [3.63, 3.8) is 0 Å². The summed E-state index contributed by atoms with van der Waals surface area (Å²) in [6, 6.07) is 6.34. The Morgan fingerprint density at radius 2 is 1.93 bits per heavy atom. The number of benzene rings is 1. The molecule has 1 aromatic heterocycles. The summed E-state index contributed by atoms with van der Waals surface area (Å²) in [5.74, 6) is -0.284. The number of aromatic nitrogens is 3. The highest BCUT2D eigenvalue weighted by atomic mass is 35.5. The second kappa shape index (κ2) is 9.75. The van der Waals surface area contributed by atoms with Crippen molar-refractivity contribution in [2.45, 2.75) is 44.9 Å². The quantitative estimate of drug-likeness (QED) is 0.612. The van der Waals surface area contributed by atoms with Gasteiger partial charge in [-0.3, -0.25) is 9.59 Å². The molecule has 146 valence electrons. The van der Waals surface area contributed by atoms with Crippen LogP contribution in [0.3, 0.4) is 0 Å². The van der Waals surface area contributed by atoms with E-state index in [1.807, 2.05) is 11.5 Å². The van der Waals surface area contributed by atoms with Crippen molar-refractivity contribution < 1.29 is 14.7 Å². The lowest BCUT2D eigenvalue weighted by molar-refractivity contribution is -0.133. The molecule has 1 aromatic carbocycles. The number of thioether (sulfide) groups is 1. The van der Waals surface area contributed by atoms with E-state index in [1.165, 1.54) is 0 Å². The molecule has 0 saturated carbocycles. The Balaban J connectivity index is 2.26. The smallest absolute Gasteiger partial charge is 0.313 e. The third kappa shape index (κ3) is 5.97. The first-order valence-corrected chi connectivity index (χ1v) is 10.0. The first-order chi connectivity index (χ1) is 12.8. The molecule has 2 aromatic rings. The van der Waals surface area contributed by atoms with E-state index in [1.54, 1.807) is 24.3 Å². The molecule has 0 fully saturated rings. The fraction of sp³-hybridized carbons (Fsp3) is 0.444. The lowest BCUT2D eigenvalue weighted by Gasteiger charge is -2.21. The van der Waals surface area contributed by atoms with E-state index in [2.05, 4.69) is 29.4 Å². The first-order valence-electron chi connectivity index (χ1n) is 8.65. The Morgan fingerprint density at radius 1 is 1.26 bits per heavy atom. The van der Waals surface area contributed by atoms with Crippen molar-refractivity contribution in [3.8, 4) is 0 Å². The van der Waals surface area contributed by atoms with Crippen molar-refractivity contribution in [1.82, 2.24) is 20.1 Å². The predicted molar refractivity (Wildman–Crippen MR) is 105 cm³/mol. The molecular weight excluding hydrogens is 388 g/mol. The highest BCUT2D eigenvalue weighted by molar-refractivity contribution is 7.99. The summed E-state index contributed by atoms with van der Waals surface area (Å²) in [4.78, 5) is 23.5. The van der Waals surface area contributed by atoms with Crippen LogP contribution in [-0.4, -0.2) is 37.5 Å². The van der Waals surface area contributed by atoms with Crippen LogP contribution < -0.4 is 5.32 Å². The second-order valence-electron chi connectivity index (χ2n) is 6.43. The Labute approximate surface area is 167 Å². The Morgan fingerprint density at radius 3 is 2.48 bits per heavy atom. The number of nitrogens with one attached hydrogen (secondary N) is 1. The Kier molecular flexibility index (Phi) is 7.67. The number of aliphatic carboxylic acids is 1. The van der Waals surface area contributed by atoms with Crippen LogP contribution in [0.1, 0.15) is 49.4 Å². The molecule has 0 aliphatic heterocycles. The normalized spacial score (nSPS) is 12.2. The number of carboxylic acid groups (broad SMARTS) is 1. The van der Waals surface area contributed by atoms with Gasteiger partial charge in [0.2, 0.25) is 0 Å². The van der Waals surface area contributed by atoms with Gasteiger partial charge in [0.15, 0.2) is 11.0 Å². The van der Waals surface area contributed by atoms with E-state index in [9.17, 15) is 9.59 Å². The number of halogens is 1. The monoisotopic (exact) mass is 410 g/mol. The fourth-order valence-corrected chi connectivity index (χ4v) is 3.49. The van der Waals surface area contributed by atoms with Gasteiger partial charge in [0.1, 0.15) is 0 Å². The maximum atomic E-state index is 12.6. The van der Waals surface area contributed by atoms with Crippen LogP contribution in [0.5, 0.6) is 0 Å². The molecule has 0 saturated heterocycles. The van der Waals surface area contributed by atoms with Crippen LogP contribution in [0.25, 0.3) is 0 Å². The van der Waals surface area contributed by atoms with Gasteiger partial charge in [-0.15, -0.1) is 10.2 Å². The van der Waals surface area contributed by atoms with Crippen molar-refractivity contribution in [3.05, 3.63) is 40.7 Å². The van der Waals surface area contributed by atoms with Gasteiger partial charge in [-0.2, -0.15) is 0 Å². The number of rotatable bonds is 9. The maximum Gasteiger partial charge on any atom is 0.313 e. The van der Waals surface area contributed by atoms with Crippen molar-refractivity contribution in [2.75, 3.05) is 5.75 Å². The number of hydrogen-bond acceptors (Lipinski definition) is 5. The molecular formula is C18H23ClN4O3S. The van der Waals surface area contributed by atoms with Crippen LogP contribution in [0, 0.1) is 5.92 Å². The molecule has 0 spiro atoms. The van der Waals surface area contributed by atoms with Crippen molar-refractivity contribution >= 4 is 35.2 Å². The third-order valence-corrected chi connectivity index (χ3v) is 5.02. The summed E-state index contributed by atoms with van der Waals surface area (Å²) in [6.45, 7) is 6.64. The molecule has 7 nitrogen and oxygen atoms in total. The molecule has 0 radical (unpaired) electrons. The minimum absolute atomic E-state index is 0.0931. The van der Waals surface area contributed by atoms with E-state index in [0.29, 0.717) is 40.5 Å². The summed E-state index contributed by atoms with van der Waals surface area (Å²) in [7, 11) is 0. The zero-order valence-corrected chi connectivity index (χ0v) is 17.0. The zero-order valence-electron chi connectivity index (χ0n) is 15.5. The molecule has 9 heteroatoms. The van der Waals surface area contributed by atoms with Crippen LogP contribution >= 0.6 is 23.4 Å². The van der Waals surface area contributed by atoms with Crippen LogP contribution in [-0.2, 0) is 11.3 Å². The SMILES string of the molecule is CCn1c(SCC(=O)O)nnc1C(CC(C)C)NC(=O)c1ccc(Cl)cc1. The fourth-order valence-electron chi connectivity index (χ4n) is 2.63. The van der Waals surface area contributed by atoms with E-state index in [4.69, 9.17) is 16.7 Å². The zero-order chi connectivity index (χ0) is 20.0. The summed E-state index contributed by atoms with van der Waals surface area (Å²) in [5.41, 5.74) is 0.510. The van der Waals surface area contributed by atoms with E-state index in [0.717, 1.165) is 11.8 Å². The minimum Gasteiger partial charge on any atom is -0.481 e. The number of carbonyl (C=O) groups is 2. The molecule has 0 aliphatic carbocycles. The second-order valence-corrected chi connectivity index (χ2v) is 7.81. The van der Waals surface area contributed by atoms with E-state index < -0.39 is 5.97 Å². The Bertz CT molecular complexity index is 792. The molecule has 2 rings (SSSR count). The van der Waals surface area contributed by atoms with E-state index >= 15 is 0 Å². The summed E-state index contributed by atoms with van der Waals surface area (Å²) in [6.07, 6.45) is 0.682. The lowest BCUT2D eigenvalue weighted by Crippen LogP contribution is -2.31. The average Bonchev–Trinajstić information content (AvgIpc) is 3.02. The maximum absolute atomic E-state index is 12.6. The molecule has 0 bridgehead atoms. The number of carbonyl (C=O) groups excluding carboxylic acids is 1. The van der Waals surface area contributed by atoms with Crippen molar-refractivity contribution in [1.29, 1.82) is 0 Å². The topological polar surface area (TPSA) is 97.1 Å². The summed E-state index contributed by atoms with van der Waals surface area (Å²) < 4.78 is 1.85. The van der Waals surface area contributed by atoms with Gasteiger partial charge in [0.05, 0.1) is 11.8 Å². The Hall–Kier alpha value is -2.06. The number of carboxylic acids is 1. The molecule has 1 unspecified atom stereocenters. The number of amides is 1.